The lowest BCUT2D eigenvalue weighted by atomic mass is 9.96. The molecule has 2 aliphatic carbocycles. The van der Waals surface area contributed by atoms with Crippen LogP contribution in [-0.2, 0) is 23.8 Å². The van der Waals surface area contributed by atoms with E-state index in [1.54, 1.807) is 22.9 Å². The molecule has 0 amide bonds. The Kier molecular flexibility index (Phi) is 8.00. The van der Waals surface area contributed by atoms with Crippen LogP contribution in [0.4, 0.5) is 8.78 Å². The van der Waals surface area contributed by atoms with Crippen molar-refractivity contribution < 1.29 is 28.0 Å². The first-order valence-corrected chi connectivity index (χ1v) is 16.0. The fourth-order valence-electron chi connectivity index (χ4n) is 5.38. The molecule has 1 atom stereocenters. The van der Waals surface area contributed by atoms with E-state index in [2.05, 4.69) is 16.8 Å². The lowest BCUT2D eigenvalue weighted by molar-refractivity contribution is 0.0691. The highest BCUT2D eigenvalue weighted by Gasteiger charge is 2.30. The predicted octanol–water partition coefficient (Wildman–Crippen LogP) is 5.15. The van der Waals surface area contributed by atoms with Crippen molar-refractivity contribution in [1.82, 2.24) is 14.8 Å². The number of thiazole rings is 1. The number of nitrogens with two attached hydrogens (primary N) is 1. The molecular formula is C31H28F2N4O4S2. The van der Waals surface area contributed by atoms with Crippen molar-refractivity contribution in [2.24, 2.45) is 11.1 Å². The van der Waals surface area contributed by atoms with E-state index in [0.717, 1.165) is 48.3 Å². The maximum Gasteiger partial charge on any atom is 0.355 e. The molecule has 222 valence electrons. The molecule has 2 heterocycles. The number of halogens is 2. The largest absolute Gasteiger partial charge is 0.476 e. The van der Waals surface area contributed by atoms with Crippen LogP contribution in [0.1, 0.15) is 71.4 Å². The number of carboxylic acid groups (broad SMARTS) is 1. The second kappa shape index (κ2) is 11.7. The van der Waals surface area contributed by atoms with Gasteiger partial charge >= 0.3 is 5.97 Å². The van der Waals surface area contributed by atoms with Crippen molar-refractivity contribution in [3.63, 3.8) is 0 Å². The first-order valence-electron chi connectivity index (χ1n) is 13.9. The van der Waals surface area contributed by atoms with Gasteiger partial charge in [0, 0.05) is 22.9 Å². The van der Waals surface area contributed by atoms with Gasteiger partial charge in [-0.25, -0.2) is 32.6 Å². The van der Waals surface area contributed by atoms with Crippen molar-refractivity contribution in [2.45, 2.75) is 61.9 Å². The summed E-state index contributed by atoms with van der Waals surface area (Å²) in [6.07, 6.45) is 5.74. The monoisotopic (exact) mass is 622 g/mol. The van der Waals surface area contributed by atoms with Crippen LogP contribution < -0.4 is 5.14 Å². The molecule has 0 bridgehead atoms. The summed E-state index contributed by atoms with van der Waals surface area (Å²) in [6.45, 7) is 0. The van der Waals surface area contributed by atoms with Gasteiger partial charge in [-0.05, 0) is 86.8 Å². The molecule has 8 nitrogen and oxygen atoms in total. The third-order valence-corrected chi connectivity index (χ3v) is 9.44. The minimum atomic E-state index is -1.98. The molecule has 4 aromatic rings. The van der Waals surface area contributed by atoms with E-state index >= 15 is 0 Å². The molecule has 2 aliphatic rings. The molecule has 12 heteroatoms. The summed E-state index contributed by atoms with van der Waals surface area (Å²) >= 11 is 1.14. The van der Waals surface area contributed by atoms with E-state index in [9.17, 15) is 28.0 Å². The van der Waals surface area contributed by atoms with Crippen molar-refractivity contribution >= 4 is 28.3 Å². The highest BCUT2D eigenvalue weighted by Crippen LogP contribution is 2.38. The van der Waals surface area contributed by atoms with Crippen LogP contribution in [0.5, 0.6) is 0 Å². The molecule has 6 rings (SSSR count). The van der Waals surface area contributed by atoms with Crippen molar-refractivity contribution in [3.8, 4) is 28.2 Å². The molecule has 0 spiro atoms. The van der Waals surface area contributed by atoms with Gasteiger partial charge in [-0.15, -0.1) is 11.3 Å². The number of aliphatic hydroxyl groups is 1. The third-order valence-electron chi connectivity index (χ3n) is 7.86. The zero-order chi connectivity index (χ0) is 30.3. The van der Waals surface area contributed by atoms with E-state index in [-0.39, 0.29) is 22.6 Å². The molecule has 2 aromatic heterocycles. The first-order chi connectivity index (χ1) is 20.6. The van der Waals surface area contributed by atoms with Crippen LogP contribution in [0.3, 0.4) is 0 Å². The van der Waals surface area contributed by atoms with Crippen molar-refractivity contribution in [2.75, 3.05) is 0 Å². The normalized spacial score (nSPS) is 16.6. The Hall–Kier alpha value is -3.76. The second-order valence-electron chi connectivity index (χ2n) is 11.1. The minimum Gasteiger partial charge on any atom is -0.476 e. The zero-order valence-corrected chi connectivity index (χ0v) is 24.6. The number of nitrogens with zero attached hydrogens (tertiary/aromatic N) is 3. The Morgan fingerprint density at radius 2 is 1.93 bits per heavy atom. The lowest BCUT2D eigenvalue weighted by Crippen LogP contribution is -2.20. The highest BCUT2D eigenvalue weighted by atomic mass is 32.2. The maximum absolute atomic E-state index is 14.9. The third kappa shape index (κ3) is 6.31. The molecule has 4 N–H and O–H groups in total. The summed E-state index contributed by atoms with van der Waals surface area (Å²) in [4.78, 5) is 15.8. The highest BCUT2D eigenvalue weighted by molar-refractivity contribution is 7.82. The smallest absolute Gasteiger partial charge is 0.355 e. The number of aromatic carboxylic acids is 1. The number of rotatable bonds is 8. The molecule has 2 aromatic carbocycles. The first kappa shape index (κ1) is 29.3. The van der Waals surface area contributed by atoms with Crippen molar-refractivity contribution in [1.29, 1.82) is 0 Å². The van der Waals surface area contributed by atoms with E-state index in [1.807, 2.05) is 0 Å². The summed E-state index contributed by atoms with van der Waals surface area (Å²) in [6, 6.07) is 8.82. The summed E-state index contributed by atoms with van der Waals surface area (Å²) in [5.41, 5.74) is 2.07. The Morgan fingerprint density at radius 1 is 1.16 bits per heavy atom. The van der Waals surface area contributed by atoms with Crippen LogP contribution in [-0.4, -0.2) is 40.8 Å². The molecule has 1 unspecified atom stereocenters. The van der Waals surface area contributed by atoms with E-state index in [1.165, 1.54) is 23.6 Å². The molecule has 2 fully saturated rings. The summed E-state index contributed by atoms with van der Waals surface area (Å²) < 4.78 is 43.1. The van der Waals surface area contributed by atoms with E-state index in [0.29, 0.717) is 47.1 Å². The number of carboxylic acids is 1. The van der Waals surface area contributed by atoms with Gasteiger partial charge in [0.15, 0.2) is 5.69 Å². The van der Waals surface area contributed by atoms with Crippen LogP contribution in [0.2, 0.25) is 0 Å². The number of benzene rings is 2. The maximum atomic E-state index is 14.9. The SMILES string of the molecule is NS(=O)c1ccc(Cc2c(-c3ccc(F)c(C#CC4(O)CCCC4)c3)nn(-c3nc(C(=O)O)cs3)c2CC2CC2)cc1F. The van der Waals surface area contributed by atoms with Gasteiger partial charge in [-0.3, -0.25) is 0 Å². The van der Waals surface area contributed by atoms with Gasteiger partial charge in [-0.2, -0.15) is 5.10 Å². The Balaban J connectivity index is 1.50. The molecular weight excluding hydrogens is 594 g/mol. The average Bonchev–Trinajstić information content (AvgIpc) is 3.31. The van der Waals surface area contributed by atoms with Crippen LogP contribution >= 0.6 is 11.3 Å². The number of hydrogen-bond donors (Lipinski definition) is 3. The standard InChI is InChI=1S/C31H28F2N4O4S2/c32-23-7-6-21(16-20(23)9-12-31(40)10-1-2-11-31)28-22(13-19-5-8-27(43(34)41)24(33)14-19)26(15-18-3-4-18)37(36-28)30-35-25(17-42-30)29(38)39/h5-8,14,16-18,40H,1-4,10-11,13,15,34H2,(H,38,39). The summed E-state index contributed by atoms with van der Waals surface area (Å²) in [7, 11) is -1.98. The van der Waals surface area contributed by atoms with E-state index < -0.39 is 34.2 Å². The average molecular weight is 623 g/mol. The molecule has 43 heavy (non-hydrogen) atoms. The fourth-order valence-corrected chi connectivity index (χ4v) is 6.61. The quantitative estimate of drug-likeness (QED) is 0.233. The van der Waals surface area contributed by atoms with Gasteiger partial charge < -0.3 is 10.2 Å². The number of aromatic nitrogens is 3. The fraction of sp³-hybridized carbons (Fsp3) is 0.323. The molecule has 0 saturated heterocycles. The lowest BCUT2D eigenvalue weighted by Gasteiger charge is -2.13. The molecule has 0 radical (unpaired) electrons. The van der Waals surface area contributed by atoms with Crippen LogP contribution in [0.15, 0.2) is 46.7 Å². The summed E-state index contributed by atoms with van der Waals surface area (Å²) in [5, 5.41) is 32.3. The van der Waals surface area contributed by atoms with Gasteiger partial charge in [-0.1, -0.05) is 17.9 Å². The van der Waals surface area contributed by atoms with Gasteiger partial charge in [0.2, 0.25) is 5.13 Å². The number of carbonyl (C=O) groups is 1. The summed E-state index contributed by atoms with van der Waals surface area (Å²) in [5.74, 6) is 3.72. The Morgan fingerprint density at radius 3 is 2.58 bits per heavy atom. The number of hydrogen-bond acceptors (Lipinski definition) is 6. The van der Waals surface area contributed by atoms with E-state index in [4.69, 9.17) is 10.2 Å². The van der Waals surface area contributed by atoms with Gasteiger partial charge in [0.25, 0.3) is 0 Å². The Labute approximate surface area is 253 Å². The van der Waals surface area contributed by atoms with Gasteiger partial charge in [0.1, 0.15) is 28.2 Å². The molecule has 2 saturated carbocycles. The second-order valence-corrected chi connectivity index (χ2v) is 12.9. The van der Waals surface area contributed by atoms with Crippen LogP contribution in [0, 0.1) is 29.4 Å². The van der Waals surface area contributed by atoms with Gasteiger partial charge in [0.05, 0.1) is 21.8 Å². The zero-order valence-electron chi connectivity index (χ0n) is 23.0. The van der Waals surface area contributed by atoms with Crippen molar-refractivity contribution in [3.05, 3.63) is 81.5 Å². The van der Waals surface area contributed by atoms with Crippen LogP contribution in [0.25, 0.3) is 16.4 Å². The predicted molar refractivity (Wildman–Crippen MR) is 158 cm³/mol. The minimum absolute atomic E-state index is 0.104. The topological polar surface area (TPSA) is 131 Å². The molecule has 0 aliphatic heterocycles. The Bertz CT molecular complexity index is 1810.